The number of anilines is 2. The standard InChI is InChI=1S/C28H25N3O4S/c1-3-26(28(33)30-25-14-13-23(31(34)35)15-18(25)2)36-24-10-6-9-22(17-24)29-27(32)21-12-11-19-7-4-5-8-20(19)16-21/h4-17,26H,3H2,1-2H3,(H,29,32)(H,30,33). The molecule has 0 radical (unpaired) electrons. The van der Waals surface area contributed by atoms with Crippen LogP contribution in [0.15, 0.2) is 89.8 Å². The van der Waals surface area contributed by atoms with E-state index in [-0.39, 0.29) is 22.8 Å². The lowest BCUT2D eigenvalue weighted by Crippen LogP contribution is -2.25. The predicted molar refractivity (Wildman–Crippen MR) is 145 cm³/mol. The fraction of sp³-hybridized carbons (Fsp3) is 0.143. The molecule has 0 fully saturated rings. The van der Waals surface area contributed by atoms with E-state index in [0.717, 1.165) is 15.7 Å². The van der Waals surface area contributed by atoms with Crippen LogP contribution in [0.5, 0.6) is 0 Å². The molecule has 2 N–H and O–H groups in total. The van der Waals surface area contributed by atoms with E-state index in [4.69, 9.17) is 0 Å². The molecule has 0 saturated carbocycles. The zero-order chi connectivity index (χ0) is 25.7. The zero-order valence-corrected chi connectivity index (χ0v) is 20.7. The van der Waals surface area contributed by atoms with Crippen molar-refractivity contribution in [3.05, 3.63) is 106 Å². The van der Waals surface area contributed by atoms with Crippen LogP contribution in [0.1, 0.15) is 29.3 Å². The SMILES string of the molecule is CCC(Sc1cccc(NC(=O)c2ccc3ccccc3c2)c1)C(=O)Nc1ccc([N+](=O)[O-])cc1C. The molecule has 4 rings (SSSR count). The van der Waals surface area contributed by atoms with Gasteiger partial charge in [0.1, 0.15) is 0 Å². The van der Waals surface area contributed by atoms with Gasteiger partial charge in [0.2, 0.25) is 5.91 Å². The van der Waals surface area contributed by atoms with Crippen LogP contribution >= 0.6 is 11.8 Å². The highest BCUT2D eigenvalue weighted by Crippen LogP contribution is 2.30. The molecule has 1 atom stereocenters. The second-order valence-electron chi connectivity index (χ2n) is 8.30. The molecule has 4 aromatic carbocycles. The molecule has 0 aliphatic carbocycles. The number of rotatable bonds is 8. The smallest absolute Gasteiger partial charge is 0.269 e. The Morgan fingerprint density at radius 1 is 0.917 bits per heavy atom. The average Bonchev–Trinajstić information content (AvgIpc) is 2.88. The topological polar surface area (TPSA) is 101 Å². The van der Waals surface area contributed by atoms with Gasteiger partial charge in [-0.3, -0.25) is 19.7 Å². The van der Waals surface area contributed by atoms with Crippen molar-refractivity contribution in [1.82, 2.24) is 0 Å². The summed E-state index contributed by atoms with van der Waals surface area (Å²) in [5.41, 5.74) is 2.35. The van der Waals surface area contributed by atoms with E-state index in [9.17, 15) is 19.7 Å². The third-order valence-electron chi connectivity index (χ3n) is 5.72. The van der Waals surface area contributed by atoms with Gasteiger partial charge in [-0.2, -0.15) is 0 Å². The number of non-ortho nitro benzene ring substituents is 1. The molecule has 4 aromatic rings. The summed E-state index contributed by atoms with van der Waals surface area (Å²) in [6, 6.07) is 25.2. The monoisotopic (exact) mass is 499 g/mol. The number of nitrogens with zero attached hydrogens (tertiary/aromatic N) is 1. The van der Waals surface area contributed by atoms with Gasteiger partial charge in [0, 0.05) is 34.0 Å². The first-order chi connectivity index (χ1) is 17.3. The minimum absolute atomic E-state index is 0.0190. The van der Waals surface area contributed by atoms with E-state index in [1.54, 1.807) is 19.1 Å². The third kappa shape index (κ3) is 5.90. The van der Waals surface area contributed by atoms with Crippen LogP contribution < -0.4 is 10.6 Å². The van der Waals surface area contributed by atoms with Gasteiger partial charge in [0.05, 0.1) is 10.2 Å². The Morgan fingerprint density at radius 2 is 1.69 bits per heavy atom. The molecule has 2 amide bonds. The average molecular weight is 500 g/mol. The second-order valence-corrected chi connectivity index (χ2v) is 9.58. The highest BCUT2D eigenvalue weighted by Gasteiger charge is 2.20. The van der Waals surface area contributed by atoms with Crippen molar-refractivity contribution in [1.29, 1.82) is 0 Å². The maximum atomic E-state index is 12.9. The summed E-state index contributed by atoms with van der Waals surface area (Å²) in [6.07, 6.45) is 0.580. The predicted octanol–water partition coefficient (Wildman–Crippen LogP) is 6.82. The highest BCUT2D eigenvalue weighted by atomic mass is 32.2. The van der Waals surface area contributed by atoms with Gasteiger partial charge >= 0.3 is 0 Å². The molecule has 0 aromatic heterocycles. The van der Waals surface area contributed by atoms with Crippen molar-refractivity contribution in [2.45, 2.75) is 30.4 Å². The van der Waals surface area contributed by atoms with Crippen LogP contribution in [-0.4, -0.2) is 22.0 Å². The molecular formula is C28H25N3O4S. The third-order valence-corrected chi connectivity index (χ3v) is 7.08. The molecule has 0 saturated heterocycles. The lowest BCUT2D eigenvalue weighted by molar-refractivity contribution is -0.384. The van der Waals surface area contributed by atoms with Crippen molar-refractivity contribution < 1.29 is 14.5 Å². The van der Waals surface area contributed by atoms with E-state index >= 15 is 0 Å². The van der Waals surface area contributed by atoms with Gasteiger partial charge in [0.25, 0.3) is 11.6 Å². The first kappa shape index (κ1) is 24.9. The number of carbonyl (C=O) groups is 2. The number of hydrogen-bond acceptors (Lipinski definition) is 5. The number of nitrogens with one attached hydrogen (secondary N) is 2. The van der Waals surface area contributed by atoms with Gasteiger partial charge in [0.15, 0.2) is 0 Å². The zero-order valence-electron chi connectivity index (χ0n) is 19.9. The fourth-order valence-electron chi connectivity index (χ4n) is 3.78. The van der Waals surface area contributed by atoms with Crippen molar-refractivity contribution in [3.63, 3.8) is 0 Å². The number of nitro groups is 1. The number of amides is 2. The first-order valence-corrected chi connectivity index (χ1v) is 12.3. The lowest BCUT2D eigenvalue weighted by Gasteiger charge is -2.16. The quantitative estimate of drug-likeness (QED) is 0.157. The van der Waals surface area contributed by atoms with E-state index in [0.29, 0.717) is 28.9 Å². The van der Waals surface area contributed by atoms with Crippen molar-refractivity contribution in [2.75, 3.05) is 10.6 Å². The fourth-order valence-corrected chi connectivity index (χ4v) is 4.80. The number of benzene rings is 4. The molecule has 0 aliphatic heterocycles. The van der Waals surface area contributed by atoms with Gasteiger partial charge in [-0.05, 0) is 66.1 Å². The number of nitro benzene ring substituents is 1. The number of hydrogen-bond donors (Lipinski definition) is 2. The van der Waals surface area contributed by atoms with Crippen molar-refractivity contribution in [3.8, 4) is 0 Å². The normalized spacial score (nSPS) is 11.6. The number of aryl methyl sites for hydroxylation is 1. The summed E-state index contributed by atoms with van der Waals surface area (Å²) in [5.74, 6) is -0.397. The Morgan fingerprint density at radius 3 is 2.42 bits per heavy atom. The van der Waals surface area contributed by atoms with Crippen LogP contribution in [0.2, 0.25) is 0 Å². The molecule has 8 heteroatoms. The molecule has 0 bridgehead atoms. The maximum absolute atomic E-state index is 12.9. The molecule has 182 valence electrons. The maximum Gasteiger partial charge on any atom is 0.269 e. The molecule has 0 aliphatic rings. The van der Waals surface area contributed by atoms with Crippen molar-refractivity contribution in [2.24, 2.45) is 0 Å². The minimum atomic E-state index is -0.463. The minimum Gasteiger partial charge on any atom is -0.325 e. The number of thioether (sulfide) groups is 1. The van der Waals surface area contributed by atoms with Gasteiger partial charge in [-0.25, -0.2) is 0 Å². The summed E-state index contributed by atoms with van der Waals surface area (Å²) in [6.45, 7) is 3.64. The molecule has 0 heterocycles. The Bertz CT molecular complexity index is 1450. The summed E-state index contributed by atoms with van der Waals surface area (Å²) in [4.78, 5) is 37.1. The Balaban J connectivity index is 1.43. The molecule has 1 unspecified atom stereocenters. The van der Waals surface area contributed by atoms with Crippen LogP contribution in [0.4, 0.5) is 17.1 Å². The summed E-state index contributed by atoms with van der Waals surface area (Å²) in [7, 11) is 0. The van der Waals surface area contributed by atoms with Gasteiger partial charge in [-0.1, -0.05) is 43.3 Å². The van der Waals surface area contributed by atoms with Crippen LogP contribution in [0.3, 0.4) is 0 Å². The molecule has 36 heavy (non-hydrogen) atoms. The van der Waals surface area contributed by atoms with Crippen molar-refractivity contribution >= 4 is 51.4 Å². The summed E-state index contributed by atoms with van der Waals surface area (Å²) in [5, 5.41) is 18.5. The van der Waals surface area contributed by atoms with E-state index in [1.807, 2.05) is 67.6 Å². The Kier molecular flexibility index (Phi) is 7.65. The van der Waals surface area contributed by atoms with Crippen LogP contribution in [0.25, 0.3) is 10.8 Å². The highest BCUT2D eigenvalue weighted by molar-refractivity contribution is 8.00. The van der Waals surface area contributed by atoms with Crippen LogP contribution in [-0.2, 0) is 4.79 Å². The Hall–Kier alpha value is -4.17. The molecular weight excluding hydrogens is 474 g/mol. The van der Waals surface area contributed by atoms with E-state index < -0.39 is 4.92 Å². The molecule has 7 nitrogen and oxygen atoms in total. The largest absolute Gasteiger partial charge is 0.325 e. The first-order valence-electron chi connectivity index (χ1n) is 11.5. The van der Waals surface area contributed by atoms with Gasteiger partial charge in [-0.15, -0.1) is 11.8 Å². The van der Waals surface area contributed by atoms with Crippen LogP contribution in [0, 0.1) is 17.0 Å². The Labute approximate surface area is 213 Å². The second kappa shape index (κ2) is 11.0. The number of carbonyl (C=O) groups excluding carboxylic acids is 2. The number of fused-ring (bicyclic) bond motifs is 1. The summed E-state index contributed by atoms with van der Waals surface area (Å²) >= 11 is 1.40. The van der Waals surface area contributed by atoms with E-state index in [1.165, 1.54) is 23.9 Å². The van der Waals surface area contributed by atoms with Gasteiger partial charge < -0.3 is 10.6 Å². The van der Waals surface area contributed by atoms with E-state index in [2.05, 4.69) is 10.6 Å². The summed E-state index contributed by atoms with van der Waals surface area (Å²) < 4.78 is 0. The molecule has 0 spiro atoms. The lowest BCUT2D eigenvalue weighted by atomic mass is 10.1.